The van der Waals surface area contributed by atoms with Gasteiger partial charge in [0.05, 0.1) is 0 Å². The number of ketones is 1. The molecule has 4 rings (SSSR count). The number of anilines is 1. The molecule has 154 valence electrons. The van der Waals surface area contributed by atoms with Gasteiger partial charge < -0.3 is 9.64 Å². The molecule has 1 aromatic heterocycles. The molecule has 3 aromatic rings. The van der Waals surface area contributed by atoms with Gasteiger partial charge in [-0.05, 0) is 61.9 Å². The lowest BCUT2D eigenvalue weighted by atomic mass is 10.0. The zero-order chi connectivity index (χ0) is 20.9. The van der Waals surface area contributed by atoms with Crippen LogP contribution in [0.2, 0.25) is 0 Å². The number of piperidine rings is 1. The number of rotatable bonds is 6. The Balaban J connectivity index is 1.53. The van der Waals surface area contributed by atoms with Crippen molar-refractivity contribution >= 4 is 11.6 Å². The van der Waals surface area contributed by atoms with Crippen LogP contribution in [0, 0.1) is 13.8 Å². The van der Waals surface area contributed by atoms with E-state index < -0.39 is 0 Å². The highest BCUT2D eigenvalue weighted by molar-refractivity contribution is 6.08. The molecule has 1 fully saturated rings. The second-order valence-electron chi connectivity index (χ2n) is 7.85. The fraction of sp³-hybridized carbons (Fsp3) is 0.320. The van der Waals surface area contributed by atoms with Gasteiger partial charge in [-0.3, -0.25) is 4.79 Å². The van der Waals surface area contributed by atoms with E-state index in [1.165, 1.54) is 12.7 Å². The number of carbonyl (C=O) groups excluding carboxylic acids is 1. The van der Waals surface area contributed by atoms with E-state index in [-0.39, 0.29) is 5.78 Å². The van der Waals surface area contributed by atoms with Crippen LogP contribution in [0.3, 0.4) is 0 Å². The first-order valence-corrected chi connectivity index (χ1v) is 10.5. The van der Waals surface area contributed by atoms with Crippen molar-refractivity contribution in [2.24, 2.45) is 0 Å². The molecule has 5 heteroatoms. The molecule has 0 unspecified atom stereocenters. The Hall–Kier alpha value is -3.21. The summed E-state index contributed by atoms with van der Waals surface area (Å²) in [6.45, 7) is 6.42. The summed E-state index contributed by atoms with van der Waals surface area (Å²) in [5, 5.41) is 0. The summed E-state index contributed by atoms with van der Waals surface area (Å²) in [6.07, 6.45) is 5.07. The van der Waals surface area contributed by atoms with Crippen molar-refractivity contribution in [2.75, 3.05) is 18.0 Å². The van der Waals surface area contributed by atoms with E-state index in [1.807, 2.05) is 62.4 Å². The maximum absolute atomic E-state index is 13.1. The van der Waals surface area contributed by atoms with Crippen molar-refractivity contribution in [2.45, 2.75) is 39.7 Å². The minimum absolute atomic E-state index is 0.0866. The third-order valence-electron chi connectivity index (χ3n) is 5.51. The van der Waals surface area contributed by atoms with Gasteiger partial charge in [0.25, 0.3) is 0 Å². The molecule has 0 amide bonds. The molecule has 1 aliphatic rings. The second-order valence-corrected chi connectivity index (χ2v) is 7.85. The lowest BCUT2D eigenvalue weighted by Gasteiger charge is -2.27. The van der Waals surface area contributed by atoms with E-state index >= 15 is 0 Å². The Labute approximate surface area is 177 Å². The summed E-state index contributed by atoms with van der Waals surface area (Å²) in [7, 11) is 0. The van der Waals surface area contributed by atoms with Gasteiger partial charge in [0.2, 0.25) is 5.78 Å². The predicted molar refractivity (Wildman–Crippen MR) is 118 cm³/mol. The largest absolute Gasteiger partial charge is 0.488 e. The molecule has 1 aliphatic heterocycles. The Kier molecular flexibility index (Phi) is 6.07. The summed E-state index contributed by atoms with van der Waals surface area (Å²) in [6, 6.07) is 15.7. The van der Waals surface area contributed by atoms with Crippen molar-refractivity contribution in [1.29, 1.82) is 0 Å². The van der Waals surface area contributed by atoms with Crippen molar-refractivity contribution in [3.05, 3.63) is 82.8 Å². The average Bonchev–Trinajstić information content (AvgIpc) is 2.79. The first-order valence-electron chi connectivity index (χ1n) is 10.5. The summed E-state index contributed by atoms with van der Waals surface area (Å²) in [5.41, 5.74) is 4.06. The number of hydrogen-bond acceptors (Lipinski definition) is 5. The highest BCUT2D eigenvalue weighted by Crippen LogP contribution is 2.27. The van der Waals surface area contributed by atoms with Crippen LogP contribution in [-0.2, 0) is 6.61 Å². The first kappa shape index (κ1) is 20.1. The van der Waals surface area contributed by atoms with Crippen LogP contribution >= 0.6 is 0 Å². The van der Waals surface area contributed by atoms with Crippen LogP contribution in [0.15, 0.2) is 54.9 Å². The van der Waals surface area contributed by atoms with E-state index in [0.29, 0.717) is 17.9 Å². The highest BCUT2D eigenvalue weighted by atomic mass is 16.5. The van der Waals surface area contributed by atoms with E-state index in [1.54, 1.807) is 0 Å². The Morgan fingerprint density at radius 3 is 2.37 bits per heavy atom. The Morgan fingerprint density at radius 1 is 0.967 bits per heavy atom. The van der Waals surface area contributed by atoms with Crippen molar-refractivity contribution in [1.82, 2.24) is 9.97 Å². The molecule has 2 heterocycles. The van der Waals surface area contributed by atoms with E-state index in [2.05, 4.69) is 14.9 Å². The number of benzene rings is 2. The summed E-state index contributed by atoms with van der Waals surface area (Å²) in [4.78, 5) is 24.0. The van der Waals surface area contributed by atoms with Gasteiger partial charge in [0.1, 0.15) is 30.2 Å². The predicted octanol–water partition coefficient (Wildman–Crippen LogP) is 4.89. The molecule has 0 bridgehead atoms. The smallest absolute Gasteiger partial charge is 0.211 e. The minimum Gasteiger partial charge on any atom is -0.488 e. The highest BCUT2D eigenvalue weighted by Gasteiger charge is 2.18. The number of ether oxygens (including phenoxy) is 1. The van der Waals surface area contributed by atoms with E-state index in [9.17, 15) is 4.79 Å². The van der Waals surface area contributed by atoms with Crippen LogP contribution in [-0.4, -0.2) is 28.8 Å². The van der Waals surface area contributed by atoms with Crippen LogP contribution in [0.1, 0.15) is 52.0 Å². The molecule has 1 saturated heterocycles. The molecule has 0 N–H and O–H groups in total. The van der Waals surface area contributed by atoms with E-state index in [0.717, 1.165) is 54.2 Å². The van der Waals surface area contributed by atoms with Gasteiger partial charge in [-0.25, -0.2) is 9.97 Å². The van der Waals surface area contributed by atoms with Crippen LogP contribution in [0.25, 0.3) is 0 Å². The Bertz CT molecular complexity index is 1000. The van der Waals surface area contributed by atoms with Crippen LogP contribution < -0.4 is 9.64 Å². The topological polar surface area (TPSA) is 55.3 Å². The number of aromatic nitrogens is 2. The average molecular weight is 402 g/mol. The van der Waals surface area contributed by atoms with Gasteiger partial charge in [-0.15, -0.1) is 0 Å². The SMILES string of the molecule is Cc1cc(C(=O)c2cc(N3CCCCC3)ncn2)cc(C)c1OCc1ccccc1. The molecule has 0 aliphatic carbocycles. The van der Waals surface area contributed by atoms with Crippen molar-refractivity contribution < 1.29 is 9.53 Å². The van der Waals surface area contributed by atoms with Crippen LogP contribution in [0.5, 0.6) is 5.75 Å². The number of aryl methyl sites for hydroxylation is 2. The molecule has 0 spiro atoms. The third kappa shape index (κ3) is 4.51. The Morgan fingerprint density at radius 2 is 1.67 bits per heavy atom. The first-order chi connectivity index (χ1) is 14.6. The molecule has 0 saturated carbocycles. The van der Waals surface area contributed by atoms with Crippen LogP contribution in [0.4, 0.5) is 5.82 Å². The van der Waals surface area contributed by atoms with Gasteiger partial charge in [0, 0.05) is 24.7 Å². The minimum atomic E-state index is -0.0866. The summed E-state index contributed by atoms with van der Waals surface area (Å²) >= 11 is 0. The monoisotopic (exact) mass is 401 g/mol. The second kappa shape index (κ2) is 9.08. The standard InChI is InChI=1S/C25H27N3O2/c1-18-13-21(14-19(2)25(18)30-16-20-9-5-3-6-10-20)24(29)22-15-23(27-17-26-22)28-11-7-4-8-12-28/h3,5-6,9-10,13-15,17H,4,7-8,11-12,16H2,1-2H3. The molecular weight excluding hydrogens is 374 g/mol. The molecule has 0 atom stereocenters. The maximum atomic E-state index is 13.1. The normalized spacial score (nSPS) is 13.9. The van der Waals surface area contributed by atoms with Gasteiger partial charge in [-0.2, -0.15) is 0 Å². The molecule has 0 radical (unpaired) electrons. The molecule has 30 heavy (non-hydrogen) atoms. The fourth-order valence-electron chi connectivity index (χ4n) is 3.95. The zero-order valence-corrected chi connectivity index (χ0v) is 17.6. The quantitative estimate of drug-likeness (QED) is 0.550. The summed E-state index contributed by atoms with van der Waals surface area (Å²) in [5.74, 6) is 1.58. The lowest BCUT2D eigenvalue weighted by Crippen LogP contribution is -2.30. The summed E-state index contributed by atoms with van der Waals surface area (Å²) < 4.78 is 6.05. The number of nitrogens with zero attached hydrogens (tertiary/aromatic N) is 3. The molecule has 5 nitrogen and oxygen atoms in total. The van der Waals surface area contributed by atoms with Gasteiger partial charge in [-0.1, -0.05) is 30.3 Å². The maximum Gasteiger partial charge on any atom is 0.211 e. The van der Waals surface area contributed by atoms with Crippen molar-refractivity contribution in [3.63, 3.8) is 0 Å². The van der Waals surface area contributed by atoms with E-state index in [4.69, 9.17) is 4.74 Å². The number of hydrogen-bond donors (Lipinski definition) is 0. The number of carbonyl (C=O) groups is 1. The molecule has 2 aromatic carbocycles. The molecular formula is C25H27N3O2. The van der Waals surface area contributed by atoms with Crippen molar-refractivity contribution in [3.8, 4) is 5.75 Å². The zero-order valence-electron chi connectivity index (χ0n) is 17.6. The fourth-order valence-corrected chi connectivity index (χ4v) is 3.95. The third-order valence-corrected chi connectivity index (χ3v) is 5.51. The van der Waals surface area contributed by atoms with Gasteiger partial charge >= 0.3 is 0 Å². The van der Waals surface area contributed by atoms with Gasteiger partial charge in [0.15, 0.2) is 0 Å². The lowest BCUT2D eigenvalue weighted by molar-refractivity contribution is 0.103.